The third-order valence-electron chi connectivity index (χ3n) is 4.37. The Labute approximate surface area is 156 Å². The summed E-state index contributed by atoms with van der Waals surface area (Å²) in [4.78, 5) is 12.6. The van der Waals surface area contributed by atoms with Crippen LogP contribution >= 0.6 is 7.80 Å². The molecule has 0 aromatic heterocycles. The van der Waals surface area contributed by atoms with Gasteiger partial charge in [0, 0.05) is 6.16 Å². The van der Waals surface area contributed by atoms with Crippen molar-refractivity contribution in [2.45, 2.75) is 32.1 Å². The summed E-state index contributed by atoms with van der Waals surface area (Å²) < 4.78 is 22.9. The van der Waals surface area contributed by atoms with Crippen molar-refractivity contribution < 1.29 is 18.8 Å². The standard InChI is InChI=1S/C21H27O4P/c1-24-18-14-10-15-19(25-2)20(18)21(22)26(23)16-9-4-3-6-11-17-12-7-5-8-13-17/h5,7-8,10,12-15,26H,3-4,6,9,11,16H2,1-2H3. The van der Waals surface area contributed by atoms with Crippen molar-refractivity contribution in [2.24, 2.45) is 0 Å². The van der Waals surface area contributed by atoms with Crippen molar-refractivity contribution in [1.82, 2.24) is 0 Å². The molecule has 0 bridgehead atoms. The van der Waals surface area contributed by atoms with Gasteiger partial charge in [-0.1, -0.05) is 49.2 Å². The Kier molecular flexibility index (Phi) is 8.43. The SMILES string of the molecule is COc1cccc(OC)c1C(=O)[PH](=O)CCCCCCc1ccccc1. The van der Waals surface area contributed by atoms with Crippen LogP contribution in [0.15, 0.2) is 48.5 Å². The molecule has 5 heteroatoms. The number of benzene rings is 2. The summed E-state index contributed by atoms with van der Waals surface area (Å²) in [6, 6.07) is 15.5. The molecule has 2 rings (SSSR count). The summed E-state index contributed by atoms with van der Waals surface area (Å²) >= 11 is 0. The molecule has 0 saturated heterocycles. The van der Waals surface area contributed by atoms with E-state index in [1.807, 2.05) is 6.07 Å². The second-order valence-corrected chi connectivity index (χ2v) is 7.99. The lowest BCUT2D eigenvalue weighted by atomic mass is 10.1. The Bertz CT molecular complexity index is 706. The van der Waals surface area contributed by atoms with Gasteiger partial charge in [0.2, 0.25) is 5.52 Å². The third-order valence-corrected chi connectivity index (χ3v) is 5.93. The predicted molar refractivity (Wildman–Crippen MR) is 106 cm³/mol. The smallest absolute Gasteiger partial charge is 0.225 e. The van der Waals surface area contributed by atoms with E-state index in [0.717, 1.165) is 32.1 Å². The number of hydrogen-bond donors (Lipinski definition) is 0. The van der Waals surface area contributed by atoms with Crippen LogP contribution < -0.4 is 9.47 Å². The Morgan fingerprint density at radius 1 is 0.846 bits per heavy atom. The van der Waals surface area contributed by atoms with Gasteiger partial charge in [-0.05, 0) is 37.0 Å². The number of carbonyl (C=O) groups is 1. The van der Waals surface area contributed by atoms with Crippen LogP contribution in [-0.4, -0.2) is 25.9 Å². The van der Waals surface area contributed by atoms with Crippen LogP contribution in [0.1, 0.15) is 41.6 Å². The van der Waals surface area contributed by atoms with E-state index in [1.54, 1.807) is 18.2 Å². The first-order valence-electron chi connectivity index (χ1n) is 8.99. The summed E-state index contributed by atoms with van der Waals surface area (Å²) in [5, 5.41) is 0. The molecule has 0 amide bonds. The molecule has 1 unspecified atom stereocenters. The van der Waals surface area contributed by atoms with E-state index in [0.29, 0.717) is 23.2 Å². The maximum atomic E-state index is 12.6. The van der Waals surface area contributed by atoms with Crippen LogP contribution in [0.3, 0.4) is 0 Å². The normalized spacial score (nSPS) is 11.8. The number of ether oxygens (including phenoxy) is 2. The minimum absolute atomic E-state index is 0.297. The van der Waals surface area contributed by atoms with Gasteiger partial charge in [-0.2, -0.15) is 0 Å². The molecule has 26 heavy (non-hydrogen) atoms. The molecular formula is C21H27O4P. The van der Waals surface area contributed by atoms with Gasteiger partial charge in [0.15, 0.2) is 0 Å². The monoisotopic (exact) mass is 374 g/mol. The highest BCUT2D eigenvalue weighted by molar-refractivity contribution is 7.64. The highest BCUT2D eigenvalue weighted by Crippen LogP contribution is 2.37. The summed E-state index contributed by atoms with van der Waals surface area (Å²) in [5.41, 5.74) is 1.29. The van der Waals surface area contributed by atoms with Gasteiger partial charge in [-0.25, -0.2) is 0 Å². The lowest BCUT2D eigenvalue weighted by molar-refractivity contribution is 0.107. The average molecular weight is 374 g/mol. The van der Waals surface area contributed by atoms with E-state index in [4.69, 9.17) is 9.47 Å². The van der Waals surface area contributed by atoms with Gasteiger partial charge in [0.1, 0.15) is 24.9 Å². The van der Waals surface area contributed by atoms with Gasteiger partial charge in [-0.3, -0.25) is 4.79 Å². The largest absolute Gasteiger partial charge is 0.496 e. The first kappa shape index (κ1) is 20.3. The second-order valence-electron chi connectivity index (χ2n) is 6.19. The number of carbonyl (C=O) groups excluding carboxylic acids is 1. The first-order valence-corrected chi connectivity index (χ1v) is 10.6. The highest BCUT2D eigenvalue weighted by Gasteiger charge is 2.22. The topological polar surface area (TPSA) is 52.6 Å². The van der Waals surface area contributed by atoms with Crippen LogP contribution in [-0.2, 0) is 11.0 Å². The Morgan fingerprint density at radius 3 is 2.08 bits per heavy atom. The summed E-state index contributed by atoms with van der Waals surface area (Å²) in [7, 11) is 0.620. The van der Waals surface area contributed by atoms with Crippen LogP contribution in [0, 0.1) is 0 Å². The van der Waals surface area contributed by atoms with E-state index < -0.39 is 7.80 Å². The summed E-state index contributed by atoms with van der Waals surface area (Å²) in [5.74, 6) is 0.825. The van der Waals surface area contributed by atoms with Crippen LogP contribution in [0.4, 0.5) is 0 Å². The second kappa shape index (κ2) is 10.8. The van der Waals surface area contributed by atoms with Crippen molar-refractivity contribution in [3.8, 4) is 11.5 Å². The van der Waals surface area contributed by atoms with E-state index in [-0.39, 0.29) is 5.52 Å². The molecule has 4 nitrogen and oxygen atoms in total. The zero-order valence-electron chi connectivity index (χ0n) is 15.5. The van der Waals surface area contributed by atoms with Crippen molar-refractivity contribution >= 4 is 13.3 Å². The van der Waals surface area contributed by atoms with Gasteiger partial charge < -0.3 is 14.0 Å². The Balaban J connectivity index is 1.78. The quantitative estimate of drug-likeness (QED) is 0.400. The fourth-order valence-corrected chi connectivity index (χ4v) is 4.26. The molecule has 0 heterocycles. The van der Waals surface area contributed by atoms with E-state index in [1.165, 1.54) is 19.8 Å². The molecule has 0 fully saturated rings. The first-order chi connectivity index (χ1) is 12.7. The Hall–Kier alpha value is -2.06. The van der Waals surface area contributed by atoms with Gasteiger partial charge in [0.05, 0.1) is 14.2 Å². The molecule has 0 saturated carbocycles. The van der Waals surface area contributed by atoms with Crippen molar-refractivity contribution in [2.75, 3.05) is 20.4 Å². The van der Waals surface area contributed by atoms with Crippen LogP contribution in [0.5, 0.6) is 11.5 Å². The molecule has 0 aliphatic rings. The van der Waals surface area contributed by atoms with E-state index in [2.05, 4.69) is 24.3 Å². The summed E-state index contributed by atoms with van der Waals surface area (Å²) in [6.07, 6.45) is 5.48. The molecule has 2 aromatic carbocycles. The maximum Gasteiger partial charge on any atom is 0.225 e. The fraction of sp³-hybridized carbons (Fsp3) is 0.381. The number of unbranched alkanes of at least 4 members (excludes halogenated alkanes) is 3. The van der Waals surface area contributed by atoms with Crippen molar-refractivity contribution in [3.05, 3.63) is 59.7 Å². The molecule has 0 aliphatic carbocycles. The van der Waals surface area contributed by atoms with E-state index >= 15 is 0 Å². The summed E-state index contributed by atoms with van der Waals surface area (Å²) in [6.45, 7) is 0. The molecule has 0 aliphatic heterocycles. The third kappa shape index (κ3) is 5.74. The van der Waals surface area contributed by atoms with Crippen LogP contribution in [0.25, 0.3) is 0 Å². The molecule has 0 radical (unpaired) electrons. The van der Waals surface area contributed by atoms with Crippen molar-refractivity contribution in [1.29, 1.82) is 0 Å². The van der Waals surface area contributed by atoms with Gasteiger partial charge >= 0.3 is 0 Å². The van der Waals surface area contributed by atoms with E-state index in [9.17, 15) is 9.36 Å². The van der Waals surface area contributed by atoms with Crippen LogP contribution in [0.2, 0.25) is 0 Å². The lowest BCUT2D eigenvalue weighted by Crippen LogP contribution is -2.03. The number of aryl methyl sites for hydroxylation is 1. The molecule has 2 aromatic rings. The molecule has 0 N–H and O–H groups in total. The highest BCUT2D eigenvalue weighted by atomic mass is 31.1. The molecule has 140 valence electrons. The number of methoxy groups -OCH3 is 2. The fourth-order valence-electron chi connectivity index (χ4n) is 2.94. The minimum atomic E-state index is -2.37. The molecule has 0 spiro atoms. The molecule has 1 atom stereocenters. The van der Waals surface area contributed by atoms with Gasteiger partial charge in [0.25, 0.3) is 0 Å². The average Bonchev–Trinajstić information content (AvgIpc) is 2.69. The lowest BCUT2D eigenvalue weighted by Gasteiger charge is -2.11. The predicted octanol–water partition coefficient (Wildman–Crippen LogP) is 5.21. The number of hydrogen-bond acceptors (Lipinski definition) is 4. The van der Waals surface area contributed by atoms with Crippen molar-refractivity contribution in [3.63, 3.8) is 0 Å². The zero-order valence-corrected chi connectivity index (χ0v) is 16.5. The zero-order chi connectivity index (χ0) is 18.8. The maximum absolute atomic E-state index is 12.6. The number of rotatable bonds is 11. The molecular weight excluding hydrogens is 347 g/mol. The van der Waals surface area contributed by atoms with Gasteiger partial charge in [-0.15, -0.1) is 0 Å². The Morgan fingerprint density at radius 2 is 1.46 bits per heavy atom. The minimum Gasteiger partial charge on any atom is -0.496 e.